The van der Waals surface area contributed by atoms with E-state index >= 15 is 0 Å². The molecule has 0 aromatic heterocycles. The van der Waals surface area contributed by atoms with Crippen LogP contribution in [0.4, 0.5) is 0 Å². The first-order valence-corrected chi connectivity index (χ1v) is 7.41. The van der Waals surface area contributed by atoms with Gasteiger partial charge in [0.25, 0.3) is 0 Å². The van der Waals surface area contributed by atoms with Gasteiger partial charge in [0.15, 0.2) is 0 Å². The normalized spacial score (nSPS) is 12.2. The third-order valence-corrected chi connectivity index (χ3v) is 2.89. The van der Waals surface area contributed by atoms with Crippen LogP contribution in [0, 0.1) is 6.92 Å². The van der Waals surface area contributed by atoms with Crippen LogP contribution in [0.3, 0.4) is 0 Å². The van der Waals surface area contributed by atoms with Crippen molar-refractivity contribution in [3.8, 4) is 0 Å². The van der Waals surface area contributed by atoms with Crippen molar-refractivity contribution in [3.05, 3.63) is 65.8 Å². The second-order valence-electron chi connectivity index (χ2n) is 3.90. The first-order chi connectivity index (χ1) is 9.33. The number of allylic oxidation sites excluding steroid dienone is 5. The van der Waals surface area contributed by atoms with Crippen molar-refractivity contribution < 1.29 is 0 Å². The summed E-state index contributed by atoms with van der Waals surface area (Å²) in [6.07, 6.45) is 8.71. The number of hydrogen-bond donors (Lipinski definition) is 0. The molecule has 1 aromatic carbocycles. The van der Waals surface area contributed by atoms with Crippen molar-refractivity contribution in [2.24, 2.45) is 0 Å². The van der Waals surface area contributed by atoms with Gasteiger partial charge in [0.2, 0.25) is 0 Å². The first kappa shape index (κ1) is 20.8. The largest absolute Gasteiger partial charge is 0.0988 e. The Morgan fingerprint density at radius 3 is 2.20 bits per heavy atom. The molecular weight excluding hydrogens is 240 g/mol. The maximum absolute atomic E-state index is 3.90. The number of aryl methyl sites for hydroxylation is 1. The summed E-state index contributed by atoms with van der Waals surface area (Å²) in [5.41, 5.74) is 5.38. The molecule has 0 nitrogen and oxygen atoms in total. The van der Waals surface area contributed by atoms with Crippen molar-refractivity contribution in [3.63, 3.8) is 0 Å². The first-order valence-electron chi connectivity index (χ1n) is 7.41. The van der Waals surface area contributed by atoms with Gasteiger partial charge in [-0.1, -0.05) is 84.2 Å². The highest BCUT2D eigenvalue weighted by atomic mass is 14.1. The predicted molar refractivity (Wildman–Crippen MR) is 96.1 cm³/mol. The van der Waals surface area contributed by atoms with Gasteiger partial charge in [-0.15, -0.1) is 0 Å². The summed E-state index contributed by atoms with van der Waals surface area (Å²) in [6, 6.07) is 8.52. The van der Waals surface area contributed by atoms with Crippen LogP contribution in [0.25, 0.3) is 5.57 Å². The standard InChI is InChI=1S/C15H16.2C2H6.CH4/c1-3-13-9-5-7-11-15(13)14-10-6-4-8-12(14)2;2*1-2;/h3-4,6-8,10-11H,1,5,9H2,2H3;2*1-2H3;1H4. The lowest BCUT2D eigenvalue weighted by Crippen LogP contribution is -1.94. The maximum Gasteiger partial charge on any atom is -0.0152 e. The van der Waals surface area contributed by atoms with Gasteiger partial charge in [0, 0.05) is 0 Å². The average molecular weight is 272 g/mol. The average Bonchev–Trinajstić information content (AvgIpc) is 2.52. The number of hydrogen-bond acceptors (Lipinski definition) is 0. The maximum atomic E-state index is 3.90. The quantitative estimate of drug-likeness (QED) is 0.545. The fourth-order valence-electron chi connectivity index (χ4n) is 2.03. The summed E-state index contributed by atoms with van der Waals surface area (Å²) in [5.74, 6) is 0. The zero-order chi connectivity index (χ0) is 14.7. The zero-order valence-electron chi connectivity index (χ0n) is 13.2. The van der Waals surface area contributed by atoms with E-state index in [0.717, 1.165) is 12.8 Å². The highest BCUT2D eigenvalue weighted by Crippen LogP contribution is 2.29. The van der Waals surface area contributed by atoms with Crippen LogP contribution < -0.4 is 0 Å². The second kappa shape index (κ2) is 12.5. The Labute approximate surface area is 126 Å². The van der Waals surface area contributed by atoms with E-state index in [4.69, 9.17) is 0 Å². The molecule has 112 valence electrons. The molecule has 0 bridgehead atoms. The Balaban J connectivity index is 0. The van der Waals surface area contributed by atoms with Gasteiger partial charge in [-0.3, -0.25) is 0 Å². The van der Waals surface area contributed by atoms with Gasteiger partial charge in [0.1, 0.15) is 0 Å². The van der Waals surface area contributed by atoms with Gasteiger partial charge < -0.3 is 0 Å². The van der Waals surface area contributed by atoms with Crippen LogP contribution in [0.1, 0.15) is 59.1 Å². The van der Waals surface area contributed by atoms with Crippen molar-refractivity contribution >= 4 is 5.57 Å². The van der Waals surface area contributed by atoms with Gasteiger partial charge in [-0.25, -0.2) is 0 Å². The molecule has 0 fully saturated rings. The Bertz CT molecular complexity index is 433. The monoisotopic (exact) mass is 272 g/mol. The summed E-state index contributed by atoms with van der Waals surface area (Å²) < 4.78 is 0. The van der Waals surface area contributed by atoms with E-state index in [9.17, 15) is 0 Å². The molecule has 2 rings (SSSR count). The van der Waals surface area contributed by atoms with E-state index in [1.54, 1.807) is 0 Å². The summed E-state index contributed by atoms with van der Waals surface area (Å²) in [4.78, 5) is 0. The molecule has 0 unspecified atom stereocenters. The Kier molecular flexibility index (Phi) is 12.9. The molecule has 0 saturated heterocycles. The third-order valence-electron chi connectivity index (χ3n) is 2.89. The number of benzene rings is 1. The third kappa shape index (κ3) is 5.61. The highest BCUT2D eigenvalue weighted by Gasteiger charge is 2.09. The molecule has 0 spiro atoms. The van der Waals surface area contributed by atoms with Crippen molar-refractivity contribution in [1.82, 2.24) is 0 Å². The molecule has 1 aliphatic carbocycles. The lowest BCUT2D eigenvalue weighted by molar-refractivity contribution is 0.996. The van der Waals surface area contributed by atoms with Crippen molar-refractivity contribution in [2.45, 2.75) is 54.9 Å². The molecule has 0 saturated carbocycles. The summed E-state index contributed by atoms with van der Waals surface area (Å²) in [5, 5.41) is 0. The summed E-state index contributed by atoms with van der Waals surface area (Å²) >= 11 is 0. The van der Waals surface area contributed by atoms with Crippen molar-refractivity contribution in [2.75, 3.05) is 0 Å². The van der Waals surface area contributed by atoms with Gasteiger partial charge in [0.05, 0.1) is 0 Å². The summed E-state index contributed by atoms with van der Waals surface area (Å²) in [6.45, 7) is 14.1. The van der Waals surface area contributed by atoms with Gasteiger partial charge in [-0.05, 0) is 42.0 Å². The predicted octanol–water partition coefficient (Wildman–Crippen LogP) is 6.97. The van der Waals surface area contributed by atoms with Gasteiger partial charge in [-0.2, -0.15) is 0 Å². The minimum Gasteiger partial charge on any atom is -0.0988 e. The van der Waals surface area contributed by atoms with E-state index in [1.807, 2.05) is 33.8 Å². The Hall–Kier alpha value is -1.56. The van der Waals surface area contributed by atoms with E-state index in [1.165, 1.54) is 22.3 Å². The van der Waals surface area contributed by atoms with Crippen LogP contribution in [0.15, 0.2) is 54.6 Å². The molecular formula is C20H32. The molecule has 1 aromatic rings. The lowest BCUT2D eigenvalue weighted by Gasteiger charge is -2.15. The van der Waals surface area contributed by atoms with E-state index < -0.39 is 0 Å². The Morgan fingerprint density at radius 1 is 1.05 bits per heavy atom. The minimum absolute atomic E-state index is 0. The molecule has 0 N–H and O–H groups in total. The number of rotatable bonds is 2. The van der Waals surface area contributed by atoms with Gasteiger partial charge >= 0.3 is 0 Å². The van der Waals surface area contributed by atoms with E-state index in [2.05, 4.69) is 49.9 Å². The van der Waals surface area contributed by atoms with E-state index in [-0.39, 0.29) is 7.43 Å². The molecule has 0 amide bonds. The molecule has 0 heterocycles. The smallest absolute Gasteiger partial charge is 0.0152 e. The SMILES string of the molecule is C.C=CC1=C(c2ccccc2C)C=CCC1.CC.CC. The molecule has 1 aliphatic rings. The minimum atomic E-state index is 0. The molecule has 0 atom stereocenters. The van der Waals surface area contributed by atoms with Crippen LogP contribution in [-0.2, 0) is 0 Å². The van der Waals surface area contributed by atoms with Crippen LogP contribution in [0.2, 0.25) is 0 Å². The lowest BCUT2D eigenvalue weighted by atomic mass is 9.90. The van der Waals surface area contributed by atoms with Crippen LogP contribution in [0.5, 0.6) is 0 Å². The molecule has 0 aliphatic heterocycles. The molecule has 0 radical (unpaired) electrons. The van der Waals surface area contributed by atoms with E-state index in [0.29, 0.717) is 0 Å². The topological polar surface area (TPSA) is 0 Å². The fraction of sp³-hybridized carbons (Fsp3) is 0.400. The van der Waals surface area contributed by atoms with Crippen LogP contribution >= 0.6 is 0 Å². The molecule has 20 heavy (non-hydrogen) atoms. The highest BCUT2D eigenvalue weighted by molar-refractivity contribution is 5.80. The van der Waals surface area contributed by atoms with Crippen molar-refractivity contribution in [1.29, 1.82) is 0 Å². The van der Waals surface area contributed by atoms with Crippen LogP contribution in [-0.4, -0.2) is 0 Å². The summed E-state index contributed by atoms with van der Waals surface area (Å²) in [7, 11) is 0. The molecule has 0 heteroatoms. The second-order valence-corrected chi connectivity index (χ2v) is 3.90. The Morgan fingerprint density at radius 2 is 1.65 bits per heavy atom. The fourth-order valence-corrected chi connectivity index (χ4v) is 2.03. The zero-order valence-corrected chi connectivity index (χ0v) is 13.2.